The highest BCUT2D eigenvalue weighted by molar-refractivity contribution is 5.77. The van der Waals surface area contributed by atoms with E-state index >= 15 is 0 Å². The zero-order valence-corrected chi connectivity index (χ0v) is 11.2. The number of hydrogen-bond donors (Lipinski definition) is 2. The lowest BCUT2D eigenvalue weighted by molar-refractivity contribution is -0.123. The number of hydrogen-bond acceptors (Lipinski definition) is 5. The lowest BCUT2D eigenvalue weighted by Crippen LogP contribution is -2.38. The Labute approximate surface area is 112 Å². The van der Waals surface area contributed by atoms with E-state index in [0.717, 1.165) is 0 Å². The van der Waals surface area contributed by atoms with Crippen LogP contribution in [0.15, 0.2) is 24.3 Å². The molecule has 6 nitrogen and oxygen atoms in total. The fourth-order valence-corrected chi connectivity index (χ4v) is 1.43. The number of rotatable bonds is 8. The summed E-state index contributed by atoms with van der Waals surface area (Å²) in [6.45, 7) is 0.706. The van der Waals surface area contributed by atoms with Gasteiger partial charge >= 0.3 is 0 Å². The predicted molar refractivity (Wildman–Crippen MR) is 72.0 cm³/mol. The van der Waals surface area contributed by atoms with Crippen molar-refractivity contribution in [2.45, 2.75) is 6.10 Å². The highest BCUT2D eigenvalue weighted by atomic mass is 16.5. The fourth-order valence-electron chi connectivity index (χ4n) is 1.43. The Hall–Kier alpha value is -1.79. The predicted octanol–water partition coefficient (Wildman–Crippen LogP) is 0.425. The Morgan fingerprint density at radius 3 is 2.74 bits per heavy atom. The van der Waals surface area contributed by atoms with Gasteiger partial charge in [-0.15, -0.1) is 0 Å². The summed E-state index contributed by atoms with van der Waals surface area (Å²) in [6.07, 6.45) is -0.171. The molecular weight excluding hydrogens is 248 g/mol. The van der Waals surface area contributed by atoms with E-state index in [9.17, 15) is 4.79 Å². The quantitative estimate of drug-likeness (QED) is 0.668. The van der Waals surface area contributed by atoms with Crippen LogP contribution in [-0.4, -0.2) is 46.0 Å². The highest BCUT2D eigenvalue weighted by Gasteiger charge is 2.10. The summed E-state index contributed by atoms with van der Waals surface area (Å²) in [4.78, 5) is 11.6. The smallest absolute Gasteiger partial charge is 0.258 e. The molecule has 0 aromatic heterocycles. The molecule has 0 spiro atoms. The van der Waals surface area contributed by atoms with Gasteiger partial charge in [-0.2, -0.15) is 0 Å². The molecule has 1 amide bonds. The number of nitrogens with one attached hydrogen (secondary N) is 1. The van der Waals surface area contributed by atoms with Crippen molar-refractivity contribution in [2.24, 2.45) is 0 Å². The first-order chi connectivity index (χ1) is 9.17. The number of amides is 1. The molecule has 1 aromatic rings. The van der Waals surface area contributed by atoms with Crippen molar-refractivity contribution >= 4 is 11.6 Å². The molecule has 0 bridgehead atoms. The van der Waals surface area contributed by atoms with Gasteiger partial charge in [-0.25, -0.2) is 0 Å². The van der Waals surface area contributed by atoms with Gasteiger partial charge in [0.05, 0.1) is 18.4 Å². The van der Waals surface area contributed by atoms with Crippen molar-refractivity contribution in [2.75, 3.05) is 39.7 Å². The van der Waals surface area contributed by atoms with Gasteiger partial charge < -0.3 is 25.3 Å². The number of anilines is 1. The van der Waals surface area contributed by atoms with Gasteiger partial charge in [0.25, 0.3) is 5.91 Å². The van der Waals surface area contributed by atoms with Crippen LogP contribution in [0.4, 0.5) is 5.69 Å². The van der Waals surface area contributed by atoms with Gasteiger partial charge in [0.1, 0.15) is 5.75 Å². The summed E-state index contributed by atoms with van der Waals surface area (Å²) < 4.78 is 15.4. The molecule has 0 aliphatic heterocycles. The Morgan fingerprint density at radius 1 is 1.37 bits per heavy atom. The van der Waals surface area contributed by atoms with Gasteiger partial charge in [0.2, 0.25) is 0 Å². The highest BCUT2D eigenvalue weighted by Crippen LogP contribution is 2.19. The van der Waals surface area contributed by atoms with E-state index in [2.05, 4.69) is 5.32 Å². The summed E-state index contributed by atoms with van der Waals surface area (Å²) >= 11 is 0. The van der Waals surface area contributed by atoms with E-state index in [1.54, 1.807) is 38.5 Å². The molecule has 0 radical (unpaired) electrons. The number of benzene rings is 1. The first-order valence-electron chi connectivity index (χ1n) is 5.93. The Balaban J connectivity index is 2.30. The number of nitrogen functional groups attached to an aromatic ring is 1. The number of nitrogens with two attached hydrogens (primary N) is 1. The van der Waals surface area contributed by atoms with Gasteiger partial charge in [-0.3, -0.25) is 4.79 Å². The minimum atomic E-state index is -0.235. The molecule has 1 atom stereocenters. The van der Waals surface area contributed by atoms with E-state index in [1.807, 2.05) is 0 Å². The molecule has 0 fully saturated rings. The first-order valence-corrected chi connectivity index (χ1v) is 5.93. The minimum Gasteiger partial charge on any atom is -0.482 e. The lowest BCUT2D eigenvalue weighted by Gasteiger charge is -2.15. The molecular formula is C13H20N2O4. The number of para-hydroxylation sites is 2. The van der Waals surface area contributed by atoms with Crippen LogP contribution in [0.5, 0.6) is 5.75 Å². The van der Waals surface area contributed by atoms with E-state index < -0.39 is 0 Å². The second-order valence-corrected chi connectivity index (χ2v) is 3.94. The van der Waals surface area contributed by atoms with E-state index in [-0.39, 0.29) is 18.6 Å². The summed E-state index contributed by atoms with van der Waals surface area (Å²) in [6, 6.07) is 7.03. The number of carbonyl (C=O) groups excluding carboxylic acids is 1. The zero-order valence-electron chi connectivity index (χ0n) is 11.2. The first kappa shape index (κ1) is 15.3. The Morgan fingerprint density at radius 2 is 2.11 bits per heavy atom. The van der Waals surface area contributed by atoms with Crippen molar-refractivity contribution in [3.63, 3.8) is 0 Å². The monoisotopic (exact) mass is 268 g/mol. The van der Waals surface area contributed by atoms with Crippen LogP contribution in [0.2, 0.25) is 0 Å². The molecule has 0 aliphatic rings. The fraction of sp³-hybridized carbons (Fsp3) is 0.462. The molecule has 6 heteroatoms. The van der Waals surface area contributed by atoms with Crippen molar-refractivity contribution in [1.82, 2.24) is 5.32 Å². The molecule has 3 N–H and O–H groups in total. The third-order valence-corrected chi connectivity index (χ3v) is 2.49. The molecule has 1 rings (SSSR count). The SMILES string of the molecule is COCC(CNC(=O)COc1ccccc1N)OC. The number of methoxy groups -OCH3 is 2. The standard InChI is InChI=1S/C13H20N2O4/c1-17-8-10(18-2)7-15-13(16)9-19-12-6-4-3-5-11(12)14/h3-6,10H,7-9,14H2,1-2H3,(H,15,16). The molecule has 0 aliphatic carbocycles. The summed E-state index contributed by atoms with van der Waals surface area (Å²) in [5.74, 6) is 0.263. The molecule has 1 unspecified atom stereocenters. The molecule has 1 aromatic carbocycles. The molecule has 19 heavy (non-hydrogen) atoms. The van der Waals surface area contributed by atoms with E-state index in [4.69, 9.17) is 19.9 Å². The summed E-state index contributed by atoms with van der Waals surface area (Å²) in [7, 11) is 3.14. The van der Waals surface area contributed by atoms with Crippen LogP contribution in [0.3, 0.4) is 0 Å². The van der Waals surface area contributed by atoms with Crippen molar-refractivity contribution in [3.05, 3.63) is 24.3 Å². The minimum absolute atomic E-state index is 0.0857. The van der Waals surface area contributed by atoms with Crippen molar-refractivity contribution < 1.29 is 19.0 Å². The van der Waals surface area contributed by atoms with Crippen LogP contribution in [-0.2, 0) is 14.3 Å². The van der Waals surface area contributed by atoms with Crippen molar-refractivity contribution in [1.29, 1.82) is 0 Å². The van der Waals surface area contributed by atoms with Gasteiger partial charge in [-0.05, 0) is 12.1 Å². The van der Waals surface area contributed by atoms with E-state index in [1.165, 1.54) is 0 Å². The largest absolute Gasteiger partial charge is 0.482 e. The van der Waals surface area contributed by atoms with Crippen LogP contribution < -0.4 is 15.8 Å². The molecule has 0 saturated carbocycles. The molecule has 0 saturated heterocycles. The van der Waals surface area contributed by atoms with E-state index in [0.29, 0.717) is 24.6 Å². The maximum absolute atomic E-state index is 11.6. The third-order valence-electron chi connectivity index (χ3n) is 2.49. The topological polar surface area (TPSA) is 82.8 Å². The average molecular weight is 268 g/mol. The van der Waals surface area contributed by atoms with Gasteiger partial charge in [0, 0.05) is 20.8 Å². The second kappa shape index (κ2) is 8.34. The average Bonchev–Trinajstić information content (AvgIpc) is 2.42. The van der Waals surface area contributed by atoms with Crippen molar-refractivity contribution in [3.8, 4) is 5.75 Å². The maximum Gasteiger partial charge on any atom is 0.258 e. The van der Waals surface area contributed by atoms with Crippen LogP contribution >= 0.6 is 0 Å². The van der Waals surface area contributed by atoms with Crippen LogP contribution in [0.1, 0.15) is 0 Å². The normalized spacial score (nSPS) is 11.9. The van der Waals surface area contributed by atoms with Gasteiger partial charge in [0.15, 0.2) is 6.61 Å². The van der Waals surface area contributed by atoms with Crippen LogP contribution in [0.25, 0.3) is 0 Å². The molecule has 0 heterocycles. The Bertz CT molecular complexity index is 398. The maximum atomic E-state index is 11.6. The third kappa shape index (κ3) is 5.58. The Kier molecular flexibility index (Phi) is 6.70. The second-order valence-electron chi connectivity index (χ2n) is 3.94. The lowest BCUT2D eigenvalue weighted by atomic mass is 10.3. The molecule has 106 valence electrons. The number of carbonyl (C=O) groups is 1. The number of ether oxygens (including phenoxy) is 3. The summed E-state index contributed by atoms with van der Waals surface area (Å²) in [5.41, 5.74) is 6.20. The zero-order chi connectivity index (χ0) is 14.1. The summed E-state index contributed by atoms with van der Waals surface area (Å²) in [5, 5.41) is 2.70. The van der Waals surface area contributed by atoms with Gasteiger partial charge in [-0.1, -0.05) is 12.1 Å². The van der Waals surface area contributed by atoms with Crippen LogP contribution in [0, 0.1) is 0 Å².